The lowest BCUT2D eigenvalue weighted by molar-refractivity contribution is 0.256. The fourth-order valence-corrected chi connectivity index (χ4v) is 2.22. The molecule has 0 aliphatic rings. The van der Waals surface area contributed by atoms with Crippen molar-refractivity contribution in [2.75, 3.05) is 5.88 Å². The van der Waals surface area contributed by atoms with Gasteiger partial charge in [-0.25, -0.2) is 0 Å². The molecule has 0 unspecified atom stereocenters. The lowest BCUT2D eigenvalue weighted by Gasteiger charge is -2.11. The Morgan fingerprint density at radius 2 is 1.74 bits per heavy atom. The first kappa shape index (κ1) is 13.9. The average molecular weight is 281 g/mol. The van der Waals surface area contributed by atoms with Gasteiger partial charge in [0.05, 0.1) is 0 Å². The zero-order valence-corrected chi connectivity index (χ0v) is 12.1. The molecule has 1 aromatic carbocycles. The van der Waals surface area contributed by atoms with E-state index in [1.54, 1.807) is 0 Å². The van der Waals surface area contributed by atoms with Gasteiger partial charge in [-0.05, 0) is 31.9 Å². The van der Waals surface area contributed by atoms with Crippen LogP contribution in [0.25, 0.3) is 0 Å². The summed E-state index contributed by atoms with van der Waals surface area (Å²) in [6, 6.07) is 4.18. The first-order valence-corrected chi connectivity index (χ1v) is 6.71. The SMILES string of the molecule is Cc1cc(C)c(OCc2nnc(CCCl)o2)c(C)c1. The quantitative estimate of drug-likeness (QED) is 0.788. The first-order chi connectivity index (χ1) is 9.10. The number of nitrogens with zero attached hydrogens (tertiary/aromatic N) is 2. The maximum absolute atomic E-state index is 5.77. The number of halogens is 1. The molecule has 0 radical (unpaired) electrons. The summed E-state index contributed by atoms with van der Waals surface area (Å²) >= 11 is 5.62. The standard InChI is InChI=1S/C14H17ClN2O2/c1-9-6-10(2)14(11(3)7-9)18-8-13-17-16-12(19-13)4-5-15/h6-7H,4-5,8H2,1-3H3. The van der Waals surface area contributed by atoms with E-state index in [0.717, 1.165) is 16.9 Å². The summed E-state index contributed by atoms with van der Waals surface area (Å²) in [7, 11) is 0. The number of aromatic nitrogens is 2. The van der Waals surface area contributed by atoms with Crippen LogP contribution >= 0.6 is 11.6 Å². The summed E-state index contributed by atoms with van der Waals surface area (Å²) in [4.78, 5) is 0. The molecule has 102 valence electrons. The lowest BCUT2D eigenvalue weighted by atomic mass is 10.1. The van der Waals surface area contributed by atoms with Crippen LogP contribution in [0.4, 0.5) is 0 Å². The molecule has 0 amide bonds. The molecule has 4 nitrogen and oxygen atoms in total. The fraction of sp³-hybridized carbons (Fsp3) is 0.429. The van der Waals surface area contributed by atoms with Crippen LogP contribution in [-0.2, 0) is 13.0 Å². The third-order valence-electron chi connectivity index (χ3n) is 2.76. The van der Waals surface area contributed by atoms with Crippen LogP contribution < -0.4 is 4.74 Å². The minimum atomic E-state index is 0.278. The van der Waals surface area contributed by atoms with Gasteiger partial charge in [0, 0.05) is 12.3 Å². The molecule has 1 aromatic heterocycles. The van der Waals surface area contributed by atoms with Gasteiger partial charge in [-0.15, -0.1) is 21.8 Å². The van der Waals surface area contributed by atoms with Crippen LogP contribution in [0, 0.1) is 20.8 Å². The molecular weight excluding hydrogens is 264 g/mol. The second-order valence-electron chi connectivity index (χ2n) is 4.55. The predicted octanol–water partition coefficient (Wildman–Crippen LogP) is 3.36. The van der Waals surface area contributed by atoms with E-state index in [4.69, 9.17) is 20.8 Å². The van der Waals surface area contributed by atoms with E-state index in [-0.39, 0.29) is 6.61 Å². The minimum absolute atomic E-state index is 0.278. The molecule has 19 heavy (non-hydrogen) atoms. The molecule has 0 fully saturated rings. The molecular formula is C14H17ClN2O2. The number of alkyl halides is 1. The predicted molar refractivity (Wildman–Crippen MR) is 73.7 cm³/mol. The summed E-state index contributed by atoms with van der Waals surface area (Å²) in [5.41, 5.74) is 3.44. The van der Waals surface area contributed by atoms with Crippen molar-refractivity contribution < 1.29 is 9.15 Å². The lowest BCUT2D eigenvalue weighted by Crippen LogP contribution is -1.99. The van der Waals surface area contributed by atoms with Crippen molar-refractivity contribution in [3.63, 3.8) is 0 Å². The highest BCUT2D eigenvalue weighted by Gasteiger charge is 2.09. The fourth-order valence-electron chi connectivity index (χ4n) is 2.06. The molecule has 0 atom stereocenters. The highest BCUT2D eigenvalue weighted by Crippen LogP contribution is 2.25. The third-order valence-corrected chi connectivity index (χ3v) is 2.95. The average Bonchev–Trinajstić information content (AvgIpc) is 2.76. The number of hydrogen-bond donors (Lipinski definition) is 0. The van der Waals surface area contributed by atoms with Crippen LogP contribution in [-0.4, -0.2) is 16.1 Å². The van der Waals surface area contributed by atoms with Crippen LogP contribution in [0.15, 0.2) is 16.5 Å². The molecule has 0 N–H and O–H groups in total. The van der Waals surface area contributed by atoms with Crippen LogP contribution in [0.5, 0.6) is 5.75 Å². The highest BCUT2D eigenvalue weighted by atomic mass is 35.5. The number of aryl methyl sites for hydroxylation is 4. The van der Waals surface area contributed by atoms with Crippen molar-refractivity contribution in [3.8, 4) is 5.75 Å². The summed E-state index contributed by atoms with van der Waals surface area (Å²) < 4.78 is 11.2. The van der Waals surface area contributed by atoms with Gasteiger partial charge < -0.3 is 9.15 Å². The van der Waals surface area contributed by atoms with Gasteiger partial charge in [0.15, 0.2) is 6.61 Å². The summed E-state index contributed by atoms with van der Waals surface area (Å²) in [6.45, 7) is 6.41. The summed E-state index contributed by atoms with van der Waals surface area (Å²) in [5, 5.41) is 7.82. The van der Waals surface area contributed by atoms with Gasteiger partial charge in [-0.2, -0.15) is 0 Å². The van der Waals surface area contributed by atoms with Crippen LogP contribution in [0.2, 0.25) is 0 Å². The molecule has 0 bridgehead atoms. The van der Waals surface area contributed by atoms with Gasteiger partial charge in [-0.1, -0.05) is 17.7 Å². The summed E-state index contributed by atoms with van der Waals surface area (Å²) in [6.07, 6.45) is 0.580. The Labute approximate surface area is 117 Å². The van der Waals surface area contributed by atoms with Crippen molar-refractivity contribution in [3.05, 3.63) is 40.6 Å². The Balaban J connectivity index is 2.05. The van der Waals surface area contributed by atoms with E-state index >= 15 is 0 Å². The maximum Gasteiger partial charge on any atom is 0.253 e. The molecule has 2 aromatic rings. The van der Waals surface area contributed by atoms with E-state index in [1.165, 1.54) is 5.56 Å². The molecule has 0 aliphatic heterocycles. The third kappa shape index (κ3) is 3.47. The second kappa shape index (κ2) is 6.06. The van der Waals surface area contributed by atoms with Crippen molar-refractivity contribution in [1.29, 1.82) is 0 Å². The van der Waals surface area contributed by atoms with Gasteiger partial charge in [0.25, 0.3) is 5.89 Å². The van der Waals surface area contributed by atoms with Gasteiger partial charge >= 0.3 is 0 Å². The van der Waals surface area contributed by atoms with Crippen LogP contribution in [0.1, 0.15) is 28.5 Å². The summed E-state index contributed by atoms with van der Waals surface area (Å²) in [5.74, 6) is 2.37. The molecule has 0 saturated carbocycles. The first-order valence-electron chi connectivity index (χ1n) is 6.18. The smallest absolute Gasteiger partial charge is 0.253 e. The van der Waals surface area contributed by atoms with E-state index in [2.05, 4.69) is 29.3 Å². The largest absolute Gasteiger partial charge is 0.483 e. The Bertz CT molecular complexity index is 543. The monoisotopic (exact) mass is 280 g/mol. The Morgan fingerprint density at radius 3 is 2.37 bits per heavy atom. The van der Waals surface area contributed by atoms with Gasteiger partial charge in [0.1, 0.15) is 5.75 Å². The second-order valence-corrected chi connectivity index (χ2v) is 4.92. The van der Waals surface area contributed by atoms with Crippen molar-refractivity contribution in [2.45, 2.75) is 33.8 Å². The van der Waals surface area contributed by atoms with E-state index in [9.17, 15) is 0 Å². The van der Waals surface area contributed by atoms with Gasteiger partial charge in [-0.3, -0.25) is 0 Å². The van der Waals surface area contributed by atoms with E-state index in [0.29, 0.717) is 24.1 Å². The Hall–Kier alpha value is -1.55. The number of benzene rings is 1. The zero-order chi connectivity index (χ0) is 13.8. The van der Waals surface area contributed by atoms with E-state index < -0.39 is 0 Å². The molecule has 0 aliphatic carbocycles. The molecule has 2 rings (SSSR count). The van der Waals surface area contributed by atoms with Crippen molar-refractivity contribution in [2.24, 2.45) is 0 Å². The van der Waals surface area contributed by atoms with Gasteiger partial charge in [0.2, 0.25) is 5.89 Å². The topological polar surface area (TPSA) is 48.2 Å². The highest BCUT2D eigenvalue weighted by molar-refractivity contribution is 6.17. The molecule has 5 heteroatoms. The number of ether oxygens (including phenoxy) is 1. The molecule has 0 saturated heterocycles. The molecule has 1 heterocycles. The Kier molecular flexibility index (Phi) is 4.43. The maximum atomic E-state index is 5.77. The minimum Gasteiger partial charge on any atom is -0.483 e. The van der Waals surface area contributed by atoms with Crippen molar-refractivity contribution >= 4 is 11.6 Å². The van der Waals surface area contributed by atoms with E-state index in [1.807, 2.05) is 13.8 Å². The normalized spacial score (nSPS) is 10.7. The zero-order valence-electron chi connectivity index (χ0n) is 11.4. The van der Waals surface area contributed by atoms with Crippen molar-refractivity contribution in [1.82, 2.24) is 10.2 Å². The Morgan fingerprint density at radius 1 is 1.11 bits per heavy atom. The number of hydrogen-bond acceptors (Lipinski definition) is 4. The van der Waals surface area contributed by atoms with Crippen LogP contribution in [0.3, 0.4) is 0 Å². The molecule has 0 spiro atoms. The number of rotatable bonds is 5.